The van der Waals surface area contributed by atoms with E-state index in [4.69, 9.17) is 0 Å². The Morgan fingerprint density at radius 1 is 0.933 bits per heavy atom. The monoisotopic (exact) mass is 215 g/mol. The van der Waals surface area contributed by atoms with E-state index in [1.54, 1.807) is 0 Å². The van der Waals surface area contributed by atoms with Gasteiger partial charge in [0.1, 0.15) is 0 Å². The van der Waals surface area contributed by atoms with E-state index in [0.717, 1.165) is 6.54 Å². The zero-order valence-electron chi connectivity index (χ0n) is 11.2. The maximum Gasteiger partial charge on any atom is 0.00103 e. The van der Waals surface area contributed by atoms with Gasteiger partial charge in [0, 0.05) is 6.04 Å². The number of rotatable bonds is 9. The molecule has 0 bridgehead atoms. The molecule has 0 heterocycles. The van der Waals surface area contributed by atoms with Gasteiger partial charge in [-0.25, -0.2) is 0 Å². The fraction of sp³-hybridized carbons (Fsp3) is 1.00. The standard InChI is InChI=1S/C12H29N3/c1-12(2)13-8-6-10-15(5)11-7-9-14(3)4/h12-13H,6-11H2,1-5H3. The Balaban J connectivity index is 3.22. The van der Waals surface area contributed by atoms with E-state index in [9.17, 15) is 0 Å². The van der Waals surface area contributed by atoms with Crippen LogP contribution in [0.1, 0.15) is 26.7 Å². The quantitative estimate of drug-likeness (QED) is 0.584. The first-order valence-electron chi connectivity index (χ1n) is 6.09. The van der Waals surface area contributed by atoms with Gasteiger partial charge in [0.2, 0.25) is 0 Å². The molecule has 0 radical (unpaired) electrons. The molecule has 0 fully saturated rings. The van der Waals surface area contributed by atoms with E-state index in [2.05, 4.69) is 50.1 Å². The molecule has 0 rings (SSSR count). The highest BCUT2D eigenvalue weighted by Gasteiger charge is 1.99. The molecular weight excluding hydrogens is 186 g/mol. The molecule has 0 aromatic carbocycles. The summed E-state index contributed by atoms with van der Waals surface area (Å²) < 4.78 is 0. The van der Waals surface area contributed by atoms with Gasteiger partial charge in [0.25, 0.3) is 0 Å². The van der Waals surface area contributed by atoms with Crippen molar-refractivity contribution in [2.45, 2.75) is 32.7 Å². The second-order valence-electron chi connectivity index (χ2n) is 4.92. The van der Waals surface area contributed by atoms with E-state index in [1.807, 2.05) is 0 Å². The number of nitrogens with zero attached hydrogens (tertiary/aromatic N) is 2. The van der Waals surface area contributed by atoms with Gasteiger partial charge in [0.05, 0.1) is 0 Å². The minimum absolute atomic E-state index is 0.615. The highest BCUT2D eigenvalue weighted by molar-refractivity contribution is 4.57. The molecule has 0 aliphatic rings. The van der Waals surface area contributed by atoms with Crippen LogP contribution in [0, 0.1) is 0 Å². The lowest BCUT2D eigenvalue weighted by Crippen LogP contribution is -2.29. The predicted molar refractivity (Wildman–Crippen MR) is 68.4 cm³/mol. The lowest BCUT2D eigenvalue weighted by atomic mass is 10.3. The Bertz CT molecular complexity index is 135. The van der Waals surface area contributed by atoms with Crippen LogP contribution in [0.4, 0.5) is 0 Å². The molecule has 0 amide bonds. The summed E-state index contributed by atoms with van der Waals surface area (Å²) in [5.41, 5.74) is 0. The first-order chi connectivity index (χ1) is 7.02. The molecule has 0 saturated heterocycles. The van der Waals surface area contributed by atoms with Gasteiger partial charge in [-0.3, -0.25) is 0 Å². The van der Waals surface area contributed by atoms with Crippen LogP contribution in [0.15, 0.2) is 0 Å². The molecule has 0 aliphatic heterocycles. The summed E-state index contributed by atoms with van der Waals surface area (Å²) in [5.74, 6) is 0. The molecule has 3 heteroatoms. The summed E-state index contributed by atoms with van der Waals surface area (Å²) in [4.78, 5) is 4.67. The van der Waals surface area contributed by atoms with E-state index in [-0.39, 0.29) is 0 Å². The maximum atomic E-state index is 3.44. The molecule has 0 atom stereocenters. The van der Waals surface area contributed by atoms with E-state index in [0.29, 0.717) is 6.04 Å². The number of hydrogen-bond acceptors (Lipinski definition) is 3. The largest absolute Gasteiger partial charge is 0.314 e. The smallest absolute Gasteiger partial charge is 0.00103 e. The van der Waals surface area contributed by atoms with Crippen molar-refractivity contribution in [2.75, 3.05) is 47.3 Å². The van der Waals surface area contributed by atoms with Crippen molar-refractivity contribution >= 4 is 0 Å². The molecule has 0 aromatic heterocycles. The highest BCUT2D eigenvalue weighted by atomic mass is 15.1. The molecule has 0 saturated carbocycles. The van der Waals surface area contributed by atoms with Gasteiger partial charge in [-0.15, -0.1) is 0 Å². The van der Waals surface area contributed by atoms with Gasteiger partial charge in [-0.05, 0) is 60.2 Å². The third-order valence-corrected chi connectivity index (χ3v) is 2.41. The van der Waals surface area contributed by atoms with Crippen molar-refractivity contribution in [3.05, 3.63) is 0 Å². The van der Waals surface area contributed by atoms with E-state index < -0.39 is 0 Å². The van der Waals surface area contributed by atoms with Crippen molar-refractivity contribution in [3.8, 4) is 0 Å². The fourth-order valence-corrected chi connectivity index (χ4v) is 1.51. The Labute approximate surface area is 95.8 Å². The van der Waals surface area contributed by atoms with Crippen LogP contribution in [-0.4, -0.2) is 63.2 Å². The van der Waals surface area contributed by atoms with Crippen molar-refractivity contribution in [1.29, 1.82) is 0 Å². The van der Waals surface area contributed by atoms with Gasteiger partial charge in [0.15, 0.2) is 0 Å². The molecule has 1 N–H and O–H groups in total. The topological polar surface area (TPSA) is 18.5 Å². The minimum Gasteiger partial charge on any atom is -0.314 e. The lowest BCUT2D eigenvalue weighted by molar-refractivity contribution is 0.295. The van der Waals surface area contributed by atoms with Crippen LogP contribution in [0.25, 0.3) is 0 Å². The van der Waals surface area contributed by atoms with Crippen LogP contribution in [-0.2, 0) is 0 Å². The third-order valence-electron chi connectivity index (χ3n) is 2.41. The molecular formula is C12H29N3. The van der Waals surface area contributed by atoms with Crippen LogP contribution in [0.3, 0.4) is 0 Å². The Morgan fingerprint density at radius 2 is 1.53 bits per heavy atom. The van der Waals surface area contributed by atoms with E-state index in [1.165, 1.54) is 32.5 Å². The average molecular weight is 215 g/mol. The van der Waals surface area contributed by atoms with Crippen LogP contribution in [0.5, 0.6) is 0 Å². The minimum atomic E-state index is 0.615. The van der Waals surface area contributed by atoms with Crippen molar-refractivity contribution in [2.24, 2.45) is 0 Å². The van der Waals surface area contributed by atoms with Crippen molar-refractivity contribution in [3.63, 3.8) is 0 Å². The number of nitrogens with one attached hydrogen (secondary N) is 1. The molecule has 0 spiro atoms. The van der Waals surface area contributed by atoms with Gasteiger partial charge in [-0.1, -0.05) is 13.8 Å². The Morgan fingerprint density at radius 3 is 2.07 bits per heavy atom. The van der Waals surface area contributed by atoms with Gasteiger partial charge in [-0.2, -0.15) is 0 Å². The number of hydrogen-bond donors (Lipinski definition) is 1. The summed E-state index contributed by atoms with van der Waals surface area (Å²) in [6, 6.07) is 0.615. The summed E-state index contributed by atoms with van der Waals surface area (Å²) in [6.07, 6.45) is 2.51. The van der Waals surface area contributed by atoms with Crippen LogP contribution < -0.4 is 5.32 Å². The Kier molecular flexibility index (Phi) is 9.06. The summed E-state index contributed by atoms with van der Waals surface area (Å²) in [6.45, 7) is 9.12. The summed E-state index contributed by atoms with van der Waals surface area (Å²) in [7, 11) is 6.48. The SMILES string of the molecule is CC(C)NCCCN(C)CCCN(C)C. The Hall–Kier alpha value is -0.120. The molecule has 92 valence electrons. The second-order valence-corrected chi connectivity index (χ2v) is 4.92. The molecule has 15 heavy (non-hydrogen) atoms. The lowest BCUT2D eigenvalue weighted by Gasteiger charge is -2.18. The first kappa shape index (κ1) is 14.9. The molecule has 3 nitrogen and oxygen atoms in total. The normalized spacial score (nSPS) is 12.0. The maximum absolute atomic E-state index is 3.44. The van der Waals surface area contributed by atoms with Crippen molar-refractivity contribution in [1.82, 2.24) is 15.1 Å². The molecule has 0 aliphatic carbocycles. The van der Waals surface area contributed by atoms with Gasteiger partial charge < -0.3 is 15.1 Å². The molecule has 0 aromatic rings. The van der Waals surface area contributed by atoms with Crippen molar-refractivity contribution < 1.29 is 0 Å². The highest BCUT2D eigenvalue weighted by Crippen LogP contribution is 1.91. The zero-order valence-corrected chi connectivity index (χ0v) is 11.2. The second kappa shape index (κ2) is 9.13. The predicted octanol–water partition coefficient (Wildman–Crippen LogP) is 1.26. The fourth-order valence-electron chi connectivity index (χ4n) is 1.51. The first-order valence-corrected chi connectivity index (χ1v) is 6.09. The zero-order chi connectivity index (χ0) is 11.7. The summed E-state index contributed by atoms with van der Waals surface area (Å²) >= 11 is 0. The molecule has 0 unspecified atom stereocenters. The van der Waals surface area contributed by atoms with Crippen LogP contribution >= 0.6 is 0 Å². The summed E-state index contributed by atoms with van der Waals surface area (Å²) in [5, 5.41) is 3.44. The van der Waals surface area contributed by atoms with Crippen LogP contribution in [0.2, 0.25) is 0 Å². The third kappa shape index (κ3) is 11.8. The van der Waals surface area contributed by atoms with E-state index >= 15 is 0 Å². The van der Waals surface area contributed by atoms with Gasteiger partial charge >= 0.3 is 0 Å². The average Bonchev–Trinajstić information content (AvgIpc) is 2.11.